The minimum Gasteiger partial charge on any atom is -0.494 e. The van der Waals surface area contributed by atoms with Crippen LogP contribution in [0.4, 0.5) is 9.52 Å². The summed E-state index contributed by atoms with van der Waals surface area (Å²) in [6, 6.07) is 14.0. The third-order valence-corrected chi connectivity index (χ3v) is 4.17. The first-order valence-corrected chi connectivity index (χ1v) is 8.19. The van der Waals surface area contributed by atoms with Crippen LogP contribution in [0, 0.1) is 5.82 Å². The summed E-state index contributed by atoms with van der Waals surface area (Å²) in [5, 5.41) is 11.8. The van der Waals surface area contributed by atoms with Gasteiger partial charge < -0.3 is 4.74 Å². The monoisotopic (exact) mass is 355 g/mol. The van der Waals surface area contributed by atoms with Crippen LogP contribution < -0.4 is 10.1 Å². The molecule has 2 aromatic carbocycles. The van der Waals surface area contributed by atoms with E-state index in [1.165, 1.54) is 42.7 Å². The van der Waals surface area contributed by atoms with Gasteiger partial charge in [0.1, 0.15) is 5.01 Å². The number of carbonyl (C=O) groups excluding carboxylic acids is 1. The van der Waals surface area contributed by atoms with Crippen molar-refractivity contribution in [2.24, 2.45) is 0 Å². The number of nitrogens with zero attached hydrogens (tertiary/aromatic N) is 2. The van der Waals surface area contributed by atoms with E-state index < -0.39 is 5.82 Å². The van der Waals surface area contributed by atoms with Gasteiger partial charge in [0.25, 0.3) is 0 Å². The van der Waals surface area contributed by atoms with E-state index in [0.29, 0.717) is 10.7 Å². The van der Waals surface area contributed by atoms with Gasteiger partial charge in [-0.3, -0.25) is 10.1 Å². The summed E-state index contributed by atoms with van der Waals surface area (Å²) in [6.45, 7) is 0. The van der Waals surface area contributed by atoms with Gasteiger partial charge in [0.15, 0.2) is 11.6 Å². The van der Waals surface area contributed by atoms with E-state index >= 15 is 0 Å². The standard InChI is InChI=1S/C18H14FN3O2S/c1-24-15-9-7-12(11-14(15)19)8-10-16(23)20-18-22-21-17(25-18)13-5-3-2-4-6-13/h2-11H,1H3,(H,20,22,23)/b10-8+. The second kappa shape index (κ2) is 7.67. The molecule has 3 aromatic rings. The lowest BCUT2D eigenvalue weighted by molar-refractivity contribution is -0.111. The molecule has 0 aliphatic rings. The summed E-state index contributed by atoms with van der Waals surface area (Å²) in [5.41, 5.74) is 1.49. The fourth-order valence-electron chi connectivity index (χ4n) is 2.08. The third kappa shape index (κ3) is 4.27. The fraction of sp³-hybridized carbons (Fsp3) is 0.0556. The van der Waals surface area contributed by atoms with Crippen molar-refractivity contribution in [2.75, 3.05) is 12.4 Å². The van der Waals surface area contributed by atoms with Crippen molar-refractivity contribution >= 4 is 28.5 Å². The highest BCUT2D eigenvalue weighted by atomic mass is 32.1. The molecule has 3 rings (SSSR count). The van der Waals surface area contributed by atoms with Crippen molar-refractivity contribution in [1.82, 2.24) is 10.2 Å². The summed E-state index contributed by atoms with van der Waals surface area (Å²) < 4.78 is 18.5. The maximum Gasteiger partial charge on any atom is 0.250 e. The number of hydrogen-bond donors (Lipinski definition) is 1. The SMILES string of the molecule is COc1ccc(/C=C/C(=O)Nc2nnc(-c3ccccc3)s2)cc1F. The largest absolute Gasteiger partial charge is 0.494 e. The number of methoxy groups -OCH3 is 1. The van der Waals surface area contributed by atoms with Gasteiger partial charge in [-0.1, -0.05) is 47.7 Å². The van der Waals surface area contributed by atoms with Crippen molar-refractivity contribution in [3.05, 3.63) is 66.0 Å². The van der Waals surface area contributed by atoms with Gasteiger partial charge in [-0.05, 0) is 23.8 Å². The van der Waals surface area contributed by atoms with E-state index in [1.807, 2.05) is 30.3 Å². The molecule has 0 atom stereocenters. The fourth-order valence-corrected chi connectivity index (χ4v) is 2.83. The van der Waals surface area contributed by atoms with Crippen LogP contribution in [0.5, 0.6) is 5.75 Å². The summed E-state index contributed by atoms with van der Waals surface area (Å²) in [5.74, 6) is -0.697. The zero-order valence-corrected chi connectivity index (χ0v) is 14.1. The summed E-state index contributed by atoms with van der Waals surface area (Å²) in [7, 11) is 1.40. The minimum atomic E-state index is -0.485. The smallest absolute Gasteiger partial charge is 0.250 e. The highest BCUT2D eigenvalue weighted by molar-refractivity contribution is 7.18. The molecule has 0 aliphatic carbocycles. The molecule has 5 nitrogen and oxygen atoms in total. The first kappa shape index (κ1) is 16.8. The average molecular weight is 355 g/mol. The van der Waals surface area contributed by atoms with Gasteiger partial charge in [-0.15, -0.1) is 10.2 Å². The minimum absolute atomic E-state index is 0.156. The third-order valence-electron chi connectivity index (χ3n) is 3.28. The second-order valence-electron chi connectivity index (χ2n) is 4.99. The average Bonchev–Trinajstić information content (AvgIpc) is 3.09. The number of ether oxygens (including phenoxy) is 1. The maximum atomic E-state index is 13.6. The Morgan fingerprint density at radius 2 is 2.00 bits per heavy atom. The number of aromatic nitrogens is 2. The Morgan fingerprint density at radius 3 is 2.72 bits per heavy atom. The van der Waals surface area contributed by atoms with E-state index in [9.17, 15) is 9.18 Å². The number of carbonyl (C=O) groups is 1. The van der Waals surface area contributed by atoms with Crippen LogP contribution >= 0.6 is 11.3 Å². The van der Waals surface area contributed by atoms with E-state index in [0.717, 1.165) is 10.6 Å². The van der Waals surface area contributed by atoms with Crippen LogP contribution in [0.3, 0.4) is 0 Å². The molecule has 1 aromatic heterocycles. The Bertz CT molecular complexity index is 910. The van der Waals surface area contributed by atoms with Crippen molar-refractivity contribution in [1.29, 1.82) is 0 Å². The molecule has 1 amide bonds. The Labute approximate surface area is 147 Å². The molecule has 7 heteroatoms. The molecule has 0 aliphatic heterocycles. The number of benzene rings is 2. The number of amides is 1. The van der Waals surface area contributed by atoms with Gasteiger partial charge in [0.2, 0.25) is 11.0 Å². The topological polar surface area (TPSA) is 64.1 Å². The molecule has 0 radical (unpaired) electrons. The predicted molar refractivity (Wildman–Crippen MR) is 96.0 cm³/mol. The molecular weight excluding hydrogens is 341 g/mol. The number of halogens is 1. The molecule has 25 heavy (non-hydrogen) atoms. The first-order chi connectivity index (χ1) is 12.2. The van der Waals surface area contributed by atoms with Crippen LogP contribution in [0.1, 0.15) is 5.56 Å². The molecule has 126 valence electrons. The van der Waals surface area contributed by atoms with Crippen molar-refractivity contribution in [3.8, 4) is 16.3 Å². The van der Waals surface area contributed by atoms with Crippen molar-refractivity contribution in [3.63, 3.8) is 0 Å². The molecule has 0 saturated carbocycles. The molecule has 0 fully saturated rings. The molecule has 1 heterocycles. The normalized spacial score (nSPS) is 10.8. The highest BCUT2D eigenvalue weighted by Gasteiger charge is 2.08. The van der Waals surface area contributed by atoms with E-state index in [4.69, 9.17) is 4.74 Å². The Hall–Kier alpha value is -3.06. The van der Waals surface area contributed by atoms with E-state index in [1.54, 1.807) is 6.07 Å². The number of rotatable bonds is 5. The van der Waals surface area contributed by atoms with Gasteiger partial charge in [0.05, 0.1) is 7.11 Å². The molecule has 0 saturated heterocycles. The zero-order valence-electron chi connectivity index (χ0n) is 13.3. The van der Waals surface area contributed by atoms with Crippen LogP contribution in [-0.4, -0.2) is 23.2 Å². The zero-order chi connectivity index (χ0) is 17.6. The van der Waals surface area contributed by atoms with Crippen LogP contribution in [-0.2, 0) is 4.79 Å². The maximum absolute atomic E-state index is 13.6. The van der Waals surface area contributed by atoms with Gasteiger partial charge in [-0.25, -0.2) is 4.39 Å². The predicted octanol–water partition coefficient (Wildman–Crippen LogP) is 4.00. The van der Waals surface area contributed by atoms with E-state index in [-0.39, 0.29) is 11.7 Å². The molecule has 0 bridgehead atoms. The van der Waals surface area contributed by atoms with Gasteiger partial charge in [-0.2, -0.15) is 0 Å². The molecule has 0 unspecified atom stereocenters. The lowest BCUT2D eigenvalue weighted by atomic mass is 10.2. The van der Waals surface area contributed by atoms with Crippen LogP contribution in [0.15, 0.2) is 54.6 Å². The lowest BCUT2D eigenvalue weighted by Crippen LogP contribution is -2.07. The number of anilines is 1. The lowest BCUT2D eigenvalue weighted by Gasteiger charge is -2.01. The first-order valence-electron chi connectivity index (χ1n) is 7.37. The van der Waals surface area contributed by atoms with Crippen molar-refractivity contribution in [2.45, 2.75) is 0 Å². The molecule has 0 spiro atoms. The van der Waals surface area contributed by atoms with E-state index in [2.05, 4.69) is 15.5 Å². The number of nitrogens with one attached hydrogen (secondary N) is 1. The molecule has 1 N–H and O–H groups in total. The van der Waals surface area contributed by atoms with Gasteiger partial charge in [0, 0.05) is 11.6 Å². The quantitative estimate of drug-likeness (QED) is 0.703. The Balaban J connectivity index is 1.65. The van der Waals surface area contributed by atoms with Crippen LogP contribution in [0.25, 0.3) is 16.6 Å². The molecular formula is C18H14FN3O2S. The summed E-state index contributed by atoms with van der Waals surface area (Å²) in [4.78, 5) is 12.0. The Kier molecular flexibility index (Phi) is 5.15. The van der Waals surface area contributed by atoms with Crippen molar-refractivity contribution < 1.29 is 13.9 Å². The summed E-state index contributed by atoms with van der Waals surface area (Å²) >= 11 is 1.28. The highest BCUT2D eigenvalue weighted by Crippen LogP contribution is 2.26. The number of hydrogen-bond acceptors (Lipinski definition) is 5. The summed E-state index contributed by atoms with van der Waals surface area (Å²) in [6.07, 6.45) is 2.82. The Morgan fingerprint density at radius 1 is 1.20 bits per heavy atom. The van der Waals surface area contributed by atoms with Crippen LogP contribution in [0.2, 0.25) is 0 Å². The second-order valence-corrected chi connectivity index (χ2v) is 5.97. The van der Waals surface area contributed by atoms with Gasteiger partial charge >= 0.3 is 0 Å².